The van der Waals surface area contributed by atoms with Crippen molar-refractivity contribution in [2.75, 3.05) is 5.73 Å². The first kappa shape index (κ1) is 13.8. The molecule has 110 valence electrons. The van der Waals surface area contributed by atoms with Crippen LogP contribution in [0.15, 0.2) is 53.7 Å². The molecule has 0 saturated carbocycles. The number of nitrogens with two attached hydrogens (primary N) is 1. The molecule has 2 heterocycles. The van der Waals surface area contributed by atoms with Gasteiger partial charge in [0.25, 0.3) is 0 Å². The van der Waals surface area contributed by atoms with E-state index in [9.17, 15) is 14.7 Å². The molecule has 3 N–H and O–H groups in total. The molecule has 0 unspecified atom stereocenters. The highest BCUT2D eigenvalue weighted by atomic mass is 16.4. The maximum absolute atomic E-state index is 12.3. The maximum atomic E-state index is 12.3. The normalized spacial score (nSPS) is 10.7. The first-order valence-corrected chi connectivity index (χ1v) is 6.62. The molecular weight excluding hydrogens is 282 g/mol. The van der Waals surface area contributed by atoms with Crippen molar-refractivity contribution in [3.05, 3.63) is 70.3 Å². The van der Waals surface area contributed by atoms with E-state index in [-0.39, 0.29) is 16.6 Å². The molecule has 2 aromatic heterocycles. The van der Waals surface area contributed by atoms with Crippen molar-refractivity contribution >= 4 is 22.6 Å². The fourth-order valence-corrected chi connectivity index (χ4v) is 2.43. The summed E-state index contributed by atoms with van der Waals surface area (Å²) in [7, 11) is 0. The number of carbonyl (C=O) groups is 1. The molecule has 1 aromatic carbocycles. The standard InChI is InChI=1S/C16H13N3O3/c17-12-4-1-5-13-14(12)15(20)11(16(21)22)9-19(13)8-10-3-2-6-18-7-10/h1-7,9H,8,17H2,(H,21,22). The summed E-state index contributed by atoms with van der Waals surface area (Å²) in [6, 6.07) is 8.74. The van der Waals surface area contributed by atoms with Crippen LogP contribution >= 0.6 is 0 Å². The van der Waals surface area contributed by atoms with Gasteiger partial charge in [-0.1, -0.05) is 12.1 Å². The quantitative estimate of drug-likeness (QED) is 0.717. The Hall–Kier alpha value is -3.15. The Balaban J connectivity index is 2.29. The number of aromatic carboxylic acids is 1. The van der Waals surface area contributed by atoms with E-state index in [0.717, 1.165) is 5.56 Å². The number of carboxylic acid groups (broad SMARTS) is 1. The van der Waals surface area contributed by atoms with Gasteiger partial charge in [-0.25, -0.2) is 4.79 Å². The lowest BCUT2D eigenvalue weighted by atomic mass is 10.1. The predicted molar refractivity (Wildman–Crippen MR) is 82.9 cm³/mol. The minimum Gasteiger partial charge on any atom is -0.477 e. The van der Waals surface area contributed by atoms with Crippen LogP contribution in [0.1, 0.15) is 15.9 Å². The Kier molecular flexibility index (Phi) is 3.34. The summed E-state index contributed by atoms with van der Waals surface area (Å²) in [6.07, 6.45) is 4.70. The smallest absolute Gasteiger partial charge is 0.341 e. The molecule has 3 rings (SSSR count). The van der Waals surface area contributed by atoms with E-state index in [0.29, 0.717) is 12.1 Å². The fourth-order valence-electron chi connectivity index (χ4n) is 2.43. The Morgan fingerprint density at radius 3 is 2.77 bits per heavy atom. The van der Waals surface area contributed by atoms with Gasteiger partial charge in [0.05, 0.1) is 10.9 Å². The molecule has 0 aliphatic heterocycles. The predicted octanol–water partition coefficient (Wildman–Crippen LogP) is 1.73. The topological polar surface area (TPSA) is 98.2 Å². The molecule has 0 amide bonds. The van der Waals surface area contributed by atoms with Gasteiger partial charge in [0.2, 0.25) is 5.43 Å². The number of fused-ring (bicyclic) bond motifs is 1. The summed E-state index contributed by atoms with van der Waals surface area (Å²) < 4.78 is 1.70. The number of carboxylic acids is 1. The van der Waals surface area contributed by atoms with E-state index in [1.807, 2.05) is 6.07 Å². The highest BCUT2D eigenvalue weighted by Gasteiger charge is 2.16. The monoisotopic (exact) mass is 295 g/mol. The van der Waals surface area contributed by atoms with Crippen LogP contribution in [0, 0.1) is 0 Å². The number of aromatic nitrogens is 2. The zero-order valence-electron chi connectivity index (χ0n) is 11.6. The summed E-state index contributed by atoms with van der Waals surface area (Å²) in [5, 5.41) is 9.47. The summed E-state index contributed by atoms with van der Waals surface area (Å²) in [5.41, 5.74) is 6.77. The van der Waals surface area contributed by atoms with Crippen LogP contribution in [0.25, 0.3) is 10.9 Å². The van der Waals surface area contributed by atoms with Gasteiger partial charge in [-0.2, -0.15) is 0 Å². The average Bonchev–Trinajstić information content (AvgIpc) is 2.50. The highest BCUT2D eigenvalue weighted by Crippen LogP contribution is 2.19. The molecule has 0 aliphatic rings. The Morgan fingerprint density at radius 1 is 1.27 bits per heavy atom. The van der Waals surface area contributed by atoms with Crippen molar-refractivity contribution < 1.29 is 9.90 Å². The van der Waals surface area contributed by atoms with Crippen LogP contribution in [-0.4, -0.2) is 20.6 Å². The molecule has 0 spiro atoms. The van der Waals surface area contributed by atoms with Crippen LogP contribution in [0.3, 0.4) is 0 Å². The Labute approximate surface area is 125 Å². The van der Waals surface area contributed by atoms with Gasteiger partial charge < -0.3 is 15.4 Å². The third kappa shape index (κ3) is 2.31. The van der Waals surface area contributed by atoms with Gasteiger partial charge in [-0.05, 0) is 23.8 Å². The van der Waals surface area contributed by atoms with Crippen molar-refractivity contribution in [2.45, 2.75) is 6.54 Å². The Bertz CT molecular complexity index is 917. The van der Waals surface area contributed by atoms with E-state index >= 15 is 0 Å². The zero-order chi connectivity index (χ0) is 15.7. The number of benzene rings is 1. The summed E-state index contributed by atoms with van der Waals surface area (Å²) in [4.78, 5) is 27.7. The van der Waals surface area contributed by atoms with Gasteiger partial charge in [-0.15, -0.1) is 0 Å². The van der Waals surface area contributed by atoms with Crippen LogP contribution in [0.2, 0.25) is 0 Å². The molecule has 0 saturated heterocycles. The van der Waals surface area contributed by atoms with Crippen molar-refractivity contribution in [3.8, 4) is 0 Å². The fraction of sp³-hybridized carbons (Fsp3) is 0.0625. The Morgan fingerprint density at radius 2 is 2.09 bits per heavy atom. The zero-order valence-corrected chi connectivity index (χ0v) is 11.6. The van der Waals surface area contributed by atoms with E-state index in [1.54, 1.807) is 41.2 Å². The van der Waals surface area contributed by atoms with E-state index in [4.69, 9.17) is 5.73 Å². The molecule has 0 fully saturated rings. The summed E-state index contributed by atoms with van der Waals surface area (Å²) in [5.74, 6) is -1.27. The summed E-state index contributed by atoms with van der Waals surface area (Å²) in [6.45, 7) is 0.397. The van der Waals surface area contributed by atoms with Gasteiger partial charge >= 0.3 is 5.97 Å². The molecule has 6 heteroatoms. The number of hydrogen-bond acceptors (Lipinski definition) is 4. The van der Waals surface area contributed by atoms with Gasteiger partial charge in [0.1, 0.15) is 5.56 Å². The number of pyridine rings is 2. The molecular formula is C16H13N3O3. The van der Waals surface area contributed by atoms with Crippen molar-refractivity contribution in [1.82, 2.24) is 9.55 Å². The van der Waals surface area contributed by atoms with Gasteiger partial charge in [0, 0.05) is 30.8 Å². The third-order valence-electron chi connectivity index (χ3n) is 3.45. The number of hydrogen-bond donors (Lipinski definition) is 2. The molecule has 0 bridgehead atoms. The molecule has 3 aromatic rings. The molecule has 0 aliphatic carbocycles. The highest BCUT2D eigenvalue weighted by molar-refractivity contribution is 5.97. The van der Waals surface area contributed by atoms with Gasteiger partial charge in [0.15, 0.2) is 0 Å². The van der Waals surface area contributed by atoms with E-state index < -0.39 is 11.4 Å². The first-order chi connectivity index (χ1) is 10.6. The van der Waals surface area contributed by atoms with Crippen molar-refractivity contribution in [1.29, 1.82) is 0 Å². The average molecular weight is 295 g/mol. The third-order valence-corrected chi connectivity index (χ3v) is 3.45. The maximum Gasteiger partial charge on any atom is 0.341 e. The number of nitrogens with zero attached hydrogens (tertiary/aromatic N) is 2. The minimum atomic E-state index is -1.27. The van der Waals surface area contributed by atoms with Crippen LogP contribution in [0.5, 0.6) is 0 Å². The molecule has 6 nitrogen and oxygen atoms in total. The number of rotatable bonds is 3. The van der Waals surface area contributed by atoms with Crippen LogP contribution in [0.4, 0.5) is 5.69 Å². The van der Waals surface area contributed by atoms with Crippen molar-refractivity contribution in [2.24, 2.45) is 0 Å². The van der Waals surface area contributed by atoms with E-state index in [2.05, 4.69) is 4.98 Å². The van der Waals surface area contributed by atoms with Crippen molar-refractivity contribution in [3.63, 3.8) is 0 Å². The van der Waals surface area contributed by atoms with Gasteiger partial charge in [-0.3, -0.25) is 9.78 Å². The molecule has 22 heavy (non-hydrogen) atoms. The van der Waals surface area contributed by atoms with Crippen LogP contribution in [-0.2, 0) is 6.54 Å². The largest absolute Gasteiger partial charge is 0.477 e. The number of nitrogen functional groups attached to an aromatic ring is 1. The second-order valence-corrected chi connectivity index (χ2v) is 4.91. The molecule has 0 atom stereocenters. The van der Waals surface area contributed by atoms with E-state index in [1.165, 1.54) is 6.20 Å². The second-order valence-electron chi connectivity index (χ2n) is 4.91. The lowest BCUT2D eigenvalue weighted by molar-refractivity contribution is 0.0695. The lowest BCUT2D eigenvalue weighted by Gasteiger charge is -2.13. The lowest BCUT2D eigenvalue weighted by Crippen LogP contribution is -2.20. The van der Waals surface area contributed by atoms with Crippen LogP contribution < -0.4 is 11.2 Å². The number of anilines is 1. The molecule has 0 radical (unpaired) electrons. The SMILES string of the molecule is Nc1cccc2c1c(=O)c(C(=O)O)cn2Cc1cccnc1. The second kappa shape index (κ2) is 5.33. The summed E-state index contributed by atoms with van der Waals surface area (Å²) >= 11 is 0. The first-order valence-electron chi connectivity index (χ1n) is 6.62. The minimum absolute atomic E-state index is 0.228.